The Hall–Kier alpha value is -2.24. The smallest absolute Gasteiger partial charge is 0.407 e. The van der Waals surface area contributed by atoms with E-state index in [0.717, 1.165) is 18.4 Å². The quantitative estimate of drug-likeness (QED) is 0.898. The molecule has 0 bridgehead atoms. The molecule has 1 aliphatic heterocycles. The van der Waals surface area contributed by atoms with Gasteiger partial charge < -0.3 is 20.1 Å². The number of ether oxygens (including phenoxy) is 1. The molecule has 2 unspecified atom stereocenters. The highest BCUT2D eigenvalue weighted by atomic mass is 16.5. The van der Waals surface area contributed by atoms with Crippen molar-refractivity contribution < 1.29 is 19.4 Å². The first kappa shape index (κ1) is 14.7. The highest BCUT2D eigenvalue weighted by Crippen LogP contribution is 2.38. The Morgan fingerprint density at radius 2 is 1.82 bits per heavy atom. The fraction of sp³-hybridized carbons (Fsp3) is 0.500. The lowest BCUT2D eigenvalue weighted by Crippen LogP contribution is -2.35. The molecule has 1 heterocycles. The van der Waals surface area contributed by atoms with Crippen LogP contribution in [-0.2, 0) is 11.3 Å². The van der Waals surface area contributed by atoms with Crippen molar-refractivity contribution in [1.29, 1.82) is 0 Å². The second-order valence-corrected chi connectivity index (χ2v) is 6.08. The fourth-order valence-corrected chi connectivity index (χ4v) is 3.51. The minimum Gasteiger partial charge on any atom is -0.465 e. The average Bonchev–Trinajstić information content (AvgIpc) is 3.04. The van der Waals surface area contributed by atoms with Crippen LogP contribution in [0.15, 0.2) is 30.3 Å². The predicted octanol–water partition coefficient (Wildman–Crippen LogP) is 2.30. The van der Waals surface area contributed by atoms with E-state index in [0.29, 0.717) is 24.9 Å². The number of likely N-dealkylation sites (tertiary alicyclic amines) is 1. The number of nitrogens with one attached hydrogen (secondary N) is 1. The minimum absolute atomic E-state index is 0.0919. The van der Waals surface area contributed by atoms with E-state index in [9.17, 15) is 9.59 Å². The maximum atomic E-state index is 11.8. The van der Waals surface area contributed by atoms with Gasteiger partial charge in [0, 0.05) is 19.1 Å². The van der Waals surface area contributed by atoms with Gasteiger partial charge in [-0.1, -0.05) is 30.3 Å². The normalized spacial score (nSPS) is 26.5. The molecule has 0 spiro atoms. The van der Waals surface area contributed by atoms with Crippen LogP contribution in [0.25, 0.3) is 0 Å². The van der Waals surface area contributed by atoms with Crippen molar-refractivity contribution in [3.63, 3.8) is 0 Å². The molecule has 2 N–H and O–H groups in total. The third-order valence-electron chi connectivity index (χ3n) is 4.56. The molecule has 2 atom stereocenters. The van der Waals surface area contributed by atoms with Gasteiger partial charge in [-0.05, 0) is 30.2 Å². The molecule has 2 fully saturated rings. The number of hydrogen-bond donors (Lipinski definition) is 2. The van der Waals surface area contributed by atoms with Crippen molar-refractivity contribution in [2.45, 2.75) is 25.5 Å². The van der Waals surface area contributed by atoms with Crippen LogP contribution >= 0.6 is 0 Å². The number of alkyl carbamates (subject to hydrolysis) is 1. The maximum absolute atomic E-state index is 11.8. The number of carbonyl (C=O) groups is 2. The molecule has 3 rings (SSSR count). The zero-order valence-corrected chi connectivity index (χ0v) is 12.3. The molecule has 1 aromatic rings. The molecule has 0 aromatic heterocycles. The van der Waals surface area contributed by atoms with Gasteiger partial charge in [0.1, 0.15) is 6.61 Å². The summed E-state index contributed by atoms with van der Waals surface area (Å²) in [5.41, 5.74) is 0.957. The summed E-state index contributed by atoms with van der Waals surface area (Å²) in [6.07, 6.45) is 0.411. The largest absolute Gasteiger partial charge is 0.465 e. The first-order valence-electron chi connectivity index (χ1n) is 7.57. The van der Waals surface area contributed by atoms with Crippen LogP contribution in [0.5, 0.6) is 0 Å². The third-order valence-corrected chi connectivity index (χ3v) is 4.56. The van der Waals surface area contributed by atoms with E-state index in [1.807, 2.05) is 30.3 Å². The Morgan fingerprint density at radius 1 is 1.18 bits per heavy atom. The van der Waals surface area contributed by atoms with Gasteiger partial charge in [-0.2, -0.15) is 0 Å². The van der Waals surface area contributed by atoms with Gasteiger partial charge in [0.2, 0.25) is 0 Å². The van der Waals surface area contributed by atoms with Crippen LogP contribution in [0.1, 0.15) is 18.4 Å². The Morgan fingerprint density at radius 3 is 2.41 bits per heavy atom. The van der Waals surface area contributed by atoms with Crippen molar-refractivity contribution in [3.05, 3.63) is 35.9 Å². The molecular formula is C16H20N2O4. The van der Waals surface area contributed by atoms with Gasteiger partial charge in [0.15, 0.2) is 0 Å². The number of carbonyl (C=O) groups excluding carboxylic acids is 1. The summed E-state index contributed by atoms with van der Waals surface area (Å²) in [4.78, 5) is 24.2. The maximum Gasteiger partial charge on any atom is 0.407 e. The van der Waals surface area contributed by atoms with E-state index < -0.39 is 12.2 Å². The van der Waals surface area contributed by atoms with E-state index in [4.69, 9.17) is 9.84 Å². The predicted molar refractivity (Wildman–Crippen MR) is 79.4 cm³/mol. The van der Waals surface area contributed by atoms with Gasteiger partial charge >= 0.3 is 12.2 Å². The summed E-state index contributed by atoms with van der Waals surface area (Å²) in [6.45, 7) is 1.42. The molecule has 6 heteroatoms. The Balaban J connectivity index is 1.42. The van der Waals surface area contributed by atoms with E-state index in [-0.39, 0.29) is 12.6 Å². The summed E-state index contributed by atoms with van der Waals surface area (Å²) < 4.78 is 5.22. The summed E-state index contributed by atoms with van der Waals surface area (Å²) >= 11 is 0. The SMILES string of the molecule is O=C(NC1CC2CN(C(=O)O)CC2C1)OCc1ccccc1. The molecule has 1 aliphatic carbocycles. The van der Waals surface area contributed by atoms with Crippen LogP contribution in [0.2, 0.25) is 0 Å². The highest BCUT2D eigenvalue weighted by Gasteiger charge is 2.42. The Labute approximate surface area is 129 Å². The molecule has 1 saturated carbocycles. The highest BCUT2D eigenvalue weighted by molar-refractivity contribution is 5.68. The van der Waals surface area contributed by atoms with Crippen LogP contribution in [0.3, 0.4) is 0 Å². The lowest BCUT2D eigenvalue weighted by atomic mass is 10.0. The Bertz CT molecular complexity index is 534. The number of amides is 2. The molecular weight excluding hydrogens is 284 g/mol. The number of hydrogen-bond acceptors (Lipinski definition) is 3. The summed E-state index contributed by atoms with van der Waals surface area (Å²) in [5.74, 6) is 0.714. The number of fused-ring (bicyclic) bond motifs is 1. The molecule has 22 heavy (non-hydrogen) atoms. The van der Waals surface area contributed by atoms with E-state index in [2.05, 4.69) is 5.32 Å². The molecule has 0 radical (unpaired) electrons. The van der Waals surface area contributed by atoms with E-state index in [1.54, 1.807) is 0 Å². The monoisotopic (exact) mass is 304 g/mol. The molecule has 6 nitrogen and oxygen atoms in total. The van der Waals surface area contributed by atoms with Crippen LogP contribution in [-0.4, -0.2) is 41.3 Å². The van der Waals surface area contributed by atoms with Gasteiger partial charge in [-0.15, -0.1) is 0 Å². The third kappa shape index (κ3) is 3.32. The molecule has 2 amide bonds. The van der Waals surface area contributed by atoms with Gasteiger partial charge in [0.25, 0.3) is 0 Å². The first-order chi connectivity index (χ1) is 10.6. The summed E-state index contributed by atoms with van der Waals surface area (Å²) in [6, 6.07) is 9.64. The zero-order chi connectivity index (χ0) is 15.5. The van der Waals surface area contributed by atoms with E-state index in [1.165, 1.54) is 4.90 Å². The Kier molecular flexibility index (Phi) is 4.18. The average molecular weight is 304 g/mol. The van der Waals surface area contributed by atoms with Crippen molar-refractivity contribution in [2.24, 2.45) is 11.8 Å². The van der Waals surface area contributed by atoms with Crippen LogP contribution in [0, 0.1) is 11.8 Å². The van der Waals surface area contributed by atoms with Gasteiger partial charge in [-0.25, -0.2) is 9.59 Å². The summed E-state index contributed by atoms with van der Waals surface area (Å²) in [5, 5.41) is 11.9. The van der Waals surface area contributed by atoms with Crippen molar-refractivity contribution in [1.82, 2.24) is 10.2 Å². The van der Waals surface area contributed by atoms with Gasteiger partial charge in [-0.3, -0.25) is 0 Å². The molecule has 1 saturated heterocycles. The van der Waals surface area contributed by atoms with E-state index >= 15 is 0 Å². The number of benzene rings is 1. The minimum atomic E-state index is -0.846. The molecule has 1 aromatic carbocycles. The van der Waals surface area contributed by atoms with Crippen molar-refractivity contribution in [3.8, 4) is 0 Å². The van der Waals surface area contributed by atoms with Gasteiger partial charge in [0.05, 0.1) is 0 Å². The standard InChI is InChI=1S/C16H20N2O4/c19-15(22-10-11-4-2-1-3-5-11)17-14-6-12-8-18(16(20)21)9-13(12)7-14/h1-5,12-14H,6-10H2,(H,17,19)(H,20,21). The second kappa shape index (κ2) is 6.25. The van der Waals surface area contributed by atoms with Crippen LogP contribution in [0.4, 0.5) is 9.59 Å². The van der Waals surface area contributed by atoms with Crippen molar-refractivity contribution in [2.75, 3.05) is 13.1 Å². The number of carboxylic acid groups (broad SMARTS) is 1. The lowest BCUT2D eigenvalue weighted by molar-refractivity contribution is 0.133. The molecule has 2 aliphatic rings. The first-order valence-corrected chi connectivity index (χ1v) is 7.57. The fourth-order valence-electron chi connectivity index (χ4n) is 3.51. The summed E-state index contributed by atoms with van der Waals surface area (Å²) in [7, 11) is 0. The second-order valence-electron chi connectivity index (χ2n) is 6.08. The topological polar surface area (TPSA) is 78.9 Å². The van der Waals surface area contributed by atoms with Crippen LogP contribution < -0.4 is 5.32 Å². The molecule has 118 valence electrons. The number of nitrogens with zero attached hydrogens (tertiary/aromatic N) is 1. The lowest BCUT2D eigenvalue weighted by Gasteiger charge is -2.17. The van der Waals surface area contributed by atoms with Crippen molar-refractivity contribution >= 4 is 12.2 Å². The number of rotatable bonds is 3. The zero-order valence-electron chi connectivity index (χ0n) is 12.3.